The fourth-order valence-corrected chi connectivity index (χ4v) is 1.26. The third kappa shape index (κ3) is 3.03. The van der Waals surface area contributed by atoms with E-state index in [2.05, 4.69) is 4.74 Å². The Labute approximate surface area is 98.3 Å². The van der Waals surface area contributed by atoms with Crippen molar-refractivity contribution < 1.29 is 23.5 Å². The molecule has 5 heteroatoms. The third-order valence-corrected chi connectivity index (χ3v) is 1.97. The zero-order valence-electron chi connectivity index (χ0n) is 9.66. The fourth-order valence-electron chi connectivity index (χ4n) is 1.26. The predicted octanol–water partition coefficient (Wildman–Crippen LogP) is 1.97. The third-order valence-electron chi connectivity index (χ3n) is 1.97. The molecule has 0 aliphatic rings. The highest BCUT2D eigenvalue weighted by atomic mass is 19.1. The summed E-state index contributed by atoms with van der Waals surface area (Å²) in [6.07, 6.45) is 0. The molecule has 1 aromatic rings. The van der Waals surface area contributed by atoms with Crippen LogP contribution in [0.1, 0.15) is 24.2 Å². The molecule has 0 heterocycles. The van der Waals surface area contributed by atoms with Gasteiger partial charge in [-0.25, -0.2) is 9.18 Å². The number of ketones is 1. The van der Waals surface area contributed by atoms with Crippen LogP contribution in [0.5, 0.6) is 5.75 Å². The summed E-state index contributed by atoms with van der Waals surface area (Å²) in [7, 11) is 0. The number of halogens is 1. The number of ether oxygens (including phenoxy) is 2. The van der Waals surface area contributed by atoms with Gasteiger partial charge < -0.3 is 9.47 Å². The van der Waals surface area contributed by atoms with Gasteiger partial charge >= 0.3 is 5.97 Å². The second kappa shape index (κ2) is 5.98. The Kier molecular flexibility index (Phi) is 4.63. The summed E-state index contributed by atoms with van der Waals surface area (Å²) in [5.41, 5.74) is -0.339. The molecule has 92 valence electrons. The minimum Gasteiger partial charge on any atom is -0.491 e. The van der Waals surface area contributed by atoms with E-state index in [0.717, 1.165) is 0 Å². The van der Waals surface area contributed by atoms with Gasteiger partial charge in [0.05, 0.1) is 18.8 Å². The zero-order valence-corrected chi connectivity index (χ0v) is 9.66. The van der Waals surface area contributed by atoms with Crippen molar-refractivity contribution in [3.8, 4) is 5.75 Å². The summed E-state index contributed by atoms with van der Waals surface area (Å²) in [5, 5.41) is 0. The quantitative estimate of drug-likeness (QED) is 0.448. The van der Waals surface area contributed by atoms with E-state index in [-0.39, 0.29) is 24.5 Å². The molecule has 0 saturated heterocycles. The predicted molar refractivity (Wildman–Crippen MR) is 58.5 cm³/mol. The number of hydrogen-bond donors (Lipinski definition) is 0. The van der Waals surface area contributed by atoms with E-state index in [9.17, 15) is 14.0 Å². The topological polar surface area (TPSA) is 52.6 Å². The van der Waals surface area contributed by atoms with Crippen LogP contribution >= 0.6 is 0 Å². The first kappa shape index (κ1) is 13.2. The van der Waals surface area contributed by atoms with Crippen molar-refractivity contribution >= 4 is 11.8 Å². The average molecular weight is 240 g/mol. The van der Waals surface area contributed by atoms with Crippen LogP contribution in [-0.4, -0.2) is 25.0 Å². The molecular formula is C12H13FO4. The first-order valence-electron chi connectivity index (χ1n) is 5.24. The molecular weight excluding hydrogens is 227 g/mol. The fraction of sp³-hybridized carbons (Fsp3) is 0.333. The molecule has 0 radical (unpaired) electrons. The van der Waals surface area contributed by atoms with Crippen molar-refractivity contribution in [3.05, 3.63) is 29.6 Å². The normalized spacial score (nSPS) is 9.82. The Morgan fingerprint density at radius 3 is 2.53 bits per heavy atom. The summed E-state index contributed by atoms with van der Waals surface area (Å²) >= 11 is 0. The summed E-state index contributed by atoms with van der Waals surface area (Å²) in [6.45, 7) is 3.60. The van der Waals surface area contributed by atoms with Crippen LogP contribution in [0.15, 0.2) is 18.2 Å². The van der Waals surface area contributed by atoms with Gasteiger partial charge in [0.15, 0.2) is 11.6 Å². The van der Waals surface area contributed by atoms with Gasteiger partial charge in [0.2, 0.25) is 0 Å². The molecule has 0 atom stereocenters. The van der Waals surface area contributed by atoms with Crippen LogP contribution in [0.3, 0.4) is 0 Å². The van der Waals surface area contributed by atoms with E-state index in [1.54, 1.807) is 13.8 Å². The van der Waals surface area contributed by atoms with E-state index >= 15 is 0 Å². The SMILES string of the molecule is CCOC(=O)C(=O)c1cccc(OCC)c1F. The summed E-state index contributed by atoms with van der Waals surface area (Å²) in [5.74, 6) is -2.97. The maximum atomic E-state index is 13.8. The van der Waals surface area contributed by atoms with Crippen molar-refractivity contribution in [1.29, 1.82) is 0 Å². The highest BCUT2D eigenvalue weighted by molar-refractivity contribution is 6.40. The van der Waals surface area contributed by atoms with Gasteiger partial charge in [-0.3, -0.25) is 4.79 Å². The molecule has 0 unspecified atom stereocenters. The van der Waals surface area contributed by atoms with Gasteiger partial charge in [0.25, 0.3) is 5.78 Å². The van der Waals surface area contributed by atoms with Gasteiger partial charge in [0.1, 0.15) is 0 Å². The van der Waals surface area contributed by atoms with Gasteiger partial charge in [-0.05, 0) is 26.0 Å². The monoisotopic (exact) mass is 240 g/mol. The summed E-state index contributed by atoms with van der Waals surface area (Å²) < 4.78 is 23.3. The molecule has 0 amide bonds. The lowest BCUT2D eigenvalue weighted by molar-refractivity contribution is -0.137. The zero-order chi connectivity index (χ0) is 12.8. The lowest BCUT2D eigenvalue weighted by Crippen LogP contribution is -2.19. The molecule has 0 aliphatic carbocycles. The molecule has 0 aliphatic heterocycles. The smallest absolute Gasteiger partial charge is 0.379 e. The van der Waals surface area contributed by atoms with E-state index in [1.807, 2.05) is 0 Å². The number of carbonyl (C=O) groups excluding carboxylic acids is 2. The van der Waals surface area contributed by atoms with Gasteiger partial charge in [-0.1, -0.05) is 6.07 Å². The van der Waals surface area contributed by atoms with Crippen LogP contribution in [-0.2, 0) is 9.53 Å². The lowest BCUT2D eigenvalue weighted by atomic mass is 10.1. The molecule has 1 rings (SSSR count). The standard InChI is InChI=1S/C12H13FO4/c1-3-16-9-7-5-6-8(10(9)13)11(14)12(15)17-4-2/h5-7H,3-4H2,1-2H3. The molecule has 0 bridgehead atoms. The van der Waals surface area contributed by atoms with Gasteiger partial charge in [-0.2, -0.15) is 0 Å². The molecule has 0 fully saturated rings. The maximum Gasteiger partial charge on any atom is 0.379 e. The Morgan fingerprint density at radius 1 is 1.24 bits per heavy atom. The number of rotatable bonds is 5. The number of hydrogen-bond acceptors (Lipinski definition) is 4. The second-order valence-corrected chi connectivity index (χ2v) is 3.10. The van der Waals surface area contributed by atoms with Crippen LogP contribution in [0.4, 0.5) is 4.39 Å². The van der Waals surface area contributed by atoms with Crippen molar-refractivity contribution in [2.75, 3.05) is 13.2 Å². The summed E-state index contributed by atoms with van der Waals surface area (Å²) in [6, 6.07) is 4.05. The minimum absolute atomic E-state index is 0.0531. The Bertz CT molecular complexity index is 429. The van der Waals surface area contributed by atoms with Crippen LogP contribution in [0.2, 0.25) is 0 Å². The highest BCUT2D eigenvalue weighted by Gasteiger charge is 2.23. The number of benzene rings is 1. The van der Waals surface area contributed by atoms with E-state index < -0.39 is 17.6 Å². The van der Waals surface area contributed by atoms with Crippen LogP contribution < -0.4 is 4.74 Å². The van der Waals surface area contributed by atoms with Crippen molar-refractivity contribution in [2.24, 2.45) is 0 Å². The van der Waals surface area contributed by atoms with E-state index in [0.29, 0.717) is 0 Å². The Balaban J connectivity index is 3.02. The Hall–Kier alpha value is -1.91. The van der Waals surface area contributed by atoms with Crippen molar-refractivity contribution in [2.45, 2.75) is 13.8 Å². The average Bonchev–Trinajstić information content (AvgIpc) is 2.31. The molecule has 0 N–H and O–H groups in total. The molecule has 0 spiro atoms. The molecule has 1 aromatic carbocycles. The lowest BCUT2D eigenvalue weighted by Gasteiger charge is -2.07. The van der Waals surface area contributed by atoms with E-state index in [4.69, 9.17) is 4.74 Å². The highest BCUT2D eigenvalue weighted by Crippen LogP contribution is 2.21. The summed E-state index contributed by atoms with van der Waals surface area (Å²) in [4.78, 5) is 22.7. The van der Waals surface area contributed by atoms with Crippen LogP contribution in [0, 0.1) is 5.82 Å². The van der Waals surface area contributed by atoms with E-state index in [1.165, 1.54) is 18.2 Å². The maximum absolute atomic E-state index is 13.8. The number of esters is 1. The number of Topliss-reactive ketones (excluding diaryl/α,β-unsaturated/α-hetero) is 1. The van der Waals surface area contributed by atoms with Gasteiger partial charge in [0, 0.05) is 0 Å². The molecule has 4 nitrogen and oxygen atoms in total. The molecule has 0 aromatic heterocycles. The first-order valence-corrected chi connectivity index (χ1v) is 5.24. The van der Waals surface area contributed by atoms with Gasteiger partial charge in [-0.15, -0.1) is 0 Å². The van der Waals surface area contributed by atoms with Crippen LogP contribution in [0.25, 0.3) is 0 Å². The van der Waals surface area contributed by atoms with Crippen molar-refractivity contribution in [1.82, 2.24) is 0 Å². The number of carbonyl (C=O) groups is 2. The Morgan fingerprint density at radius 2 is 1.94 bits per heavy atom. The molecule has 17 heavy (non-hydrogen) atoms. The minimum atomic E-state index is -1.07. The largest absolute Gasteiger partial charge is 0.491 e. The van der Waals surface area contributed by atoms with Crippen molar-refractivity contribution in [3.63, 3.8) is 0 Å². The second-order valence-electron chi connectivity index (χ2n) is 3.10. The molecule has 0 saturated carbocycles. The first-order chi connectivity index (χ1) is 8.11.